The molecule has 2 N–H and O–H groups in total. The van der Waals surface area contributed by atoms with Crippen LogP contribution in [0.25, 0.3) is 11.3 Å². The number of nitrogens with zero attached hydrogens (tertiary/aromatic N) is 3. The molecule has 0 bridgehead atoms. The number of hydrogen-bond acceptors (Lipinski definition) is 8. The summed E-state index contributed by atoms with van der Waals surface area (Å²) in [6, 6.07) is 13.0. The molecule has 8 heteroatoms. The van der Waals surface area contributed by atoms with Crippen molar-refractivity contribution in [2.45, 2.75) is 26.5 Å². The third-order valence-electron chi connectivity index (χ3n) is 4.36. The minimum absolute atomic E-state index is 0.0734. The van der Waals surface area contributed by atoms with Crippen molar-refractivity contribution in [1.82, 2.24) is 15.2 Å². The minimum atomic E-state index is -0.576. The van der Waals surface area contributed by atoms with E-state index < -0.39 is 6.23 Å². The van der Waals surface area contributed by atoms with Gasteiger partial charge >= 0.3 is 6.01 Å². The molecule has 2 heterocycles. The van der Waals surface area contributed by atoms with Crippen LogP contribution in [-0.4, -0.2) is 33.5 Å². The van der Waals surface area contributed by atoms with E-state index in [-0.39, 0.29) is 11.8 Å². The van der Waals surface area contributed by atoms with Crippen LogP contribution >= 0.6 is 0 Å². The molecule has 0 radical (unpaired) electrons. The number of aromatic hydroxyl groups is 1. The van der Waals surface area contributed by atoms with Crippen molar-refractivity contribution >= 4 is 5.69 Å². The number of aromatic nitrogens is 3. The number of ether oxygens (including phenoxy) is 3. The Balaban J connectivity index is 1.76. The van der Waals surface area contributed by atoms with Crippen LogP contribution in [0.4, 0.5) is 5.69 Å². The summed E-state index contributed by atoms with van der Waals surface area (Å²) >= 11 is 0. The highest BCUT2D eigenvalue weighted by molar-refractivity contribution is 5.79. The van der Waals surface area contributed by atoms with Gasteiger partial charge in [-0.05, 0) is 37.6 Å². The van der Waals surface area contributed by atoms with Crippen LogP contribution in [-0.2, 0) is 0 Å². The Morgan fingerprint density at radius 1 is 1.10 bits per heavy atom. The highest BCUT2D eigenvalue weighted by Crippen LogP contribution is 2.40. The second-order valence-corrected chi connectivity index (χ2v) is 6.44. The van der Waals surface area contributed by atoms with E-state index in [0.29, 0.717) is 30.5 Å². The van der Waals surface area contributed by atoms with Crippen LogP contribution in [0.1, 0.15) is 32.1 Å². The highest BCUT2D eigenvalue weighted by atomic mass is 16.5. The lowest BCUT2D eigenvalue weighted by Gasteiger charge is -2.20. The predicted molar refractivity (Wildman–Crippen MR) is 107 cm³/mol. The molecule has 3 aromatic rings. The monoisotopic (exact) mass is 394 g/mol. The molecule has 1 aliphatic rings. The van der Waals surface area contributed by atoms with Gasteiger partial charge in [0.25, 0.3) is 0 Å². The van der Waals surface area contributed by atoms with E-state index in [1.807, 2.05) is 38.1 Å². The number of para-hydroxylation sites is 1. The molecule has 1 unspecified atom stereocenters. The van der Waals surface area contributed by atoms with E-state index >= 15 is 0 Å². The second kappa shape index (κ2) is 8.22. The molecule has 2 aromatic carbocycles. The van der Waals surface area contributed by atoms with E-state index in [9.17, 15) is 5.11 Å². The van der Waals surface area contributed by atoms with E-state index in [1.54, 1.807) is 18.2 Å². The standard InChI is InChI=1S/C21H22N4O4/c1-3-11-28-21-23-20-18(24-25-21)14-7-5-6-8-15(14)22-19(29-20)13-9-10-16(26)17(12-13)27-4-2/h5-10,12,19,22,26H,3-4,11H2,1-2H3. The van der Waals surface area contributed by atoms with Crippen molar-refractivity contribution in [3.63, 3.8) is 0 Å². The number of rotatable bonds is 6. The molecule has 29 heavy (non-hydrogen) atoms. The first-order valence-corrected chi connectivity index (χ1v) is 9.55. The summed E-state index contributed by atoms with van der Waals surface area (Å²) in [4.78, 5) is 4.42. The Morgan fingerprint density at radius 3 is 2.79 bits per heavy atom. The number of phenolic OH excluding ortho intramolecular Hbond substituents is 1. The highest BCUT2D eigenvalue weighted by Gasteiger charge is 2.26. The fourth-order valence-corrected chi connectivity index (χ4v) is 3.02. The molecule has 1 aliphatic heterocycles. The minimum Gasteiger partial charge on any atom is -0.504 e. The molecule has 150 valence electrons. The van der Waals surface area contributed by atoms with Crippen molar-refractivity contribution in [3.05, 3.63) is 48.0 Å². The normalized spacial score (nSPS) is 14.6. The maximum absolute atomic E-state index is 10.0. The van der Waals surface area contributed by atoms with Crippen molar-refractivity contribution in [2.24, 2.45) is 0 Å². The van der Waals surface area contributed by atoms with E-state index in [2.05, 4.69) is 20.5 Å². The fraction of sp³-hybridized carbons (Fsp3) is 0.286. The van der Waals surface area contributed by atoms with Crippen LogP contribution in [0.15, 0.2) is 42.5 Å². The van der Waals surface area contributed by atoms with Crippen LogP contribution in [0.5, 0.6) is 23.4 Å². The molecular formula is C21H22N4O4. The van der Waals surface area contributed by atoms with Crippen LogP contribution in [0.2, 0.25) is 0 Å². The van der Waals surface area contributed by atoms with Crippen LogP contribution in [0.3, 0.4) is 0 Å². The van der Waals surface area contributed by atoms with Crippen molar-refractivity contribution in [2.75, 3.05) is 18.5 Å². The molecule has 1 aromatic heterocycles. The summed E-state index contributed by atoms with van der Waals surface area (Å²) in [6.07, 6.45) is 0.259. The van der Waals surface area contributed by atoms with Crippen molar-refractivity contribution in [1.29, 1.82) is 0 Å². The second-order valence-electron chi connectivity index (χ2n) is 6.44. The average molecular weight is 394 g/mol. The Morgan fingerprint density at radius 2 is 1.97 bits per heavy atom. The third kappa shape index (κ3) is 3.87. The maximum atomic E-state index is 10.0. The van der Waals surface area contributed by atoms with Gasteiger partial charge in [-0.15, -0.1) is 5.10 Å². The topological polar surface area (TPSA) is 98.6 Å². The first-order chi connectivity index (χ1) is 14.2. The summed E-state index contributed by atoms with van der Waals surface area (Å²) in [5.41, 5.74) is 2.96. The molecule has 0 saturated heterocycles. The lowest BCUT2D eigenvalue weighted by molar-refractivity contribution is 0.217. The number of nitrogens with one attached hydrogen (secondary N) is 1. The zero-order valence-electron chi connectivity index (χ0n) is 16.3. The predicted octanol–water partition coefficient (Wildman–Crippen LogP) is 3.93. The number of phenols is 1. The van der Waals surface area contributed by atoms with Gasteiger partial charge in [-0.3, -0.25) is 0 Å². The number of fused-ring (bicyclic) bond motifs is 3. The molecule has 0 fully saturated rings. The molecule has 1 atom stereocenters. The molecule has 0 amide bonds. The van der Waals surface area contributed by atoms with Gasteiger partial charge in [-0.2, -0.15) is 4.98 Å². The average Bonchev–Trinajstić information content (AvgIpc) is 2.90. The first-order valence-electron chi connectivity index (χ1n) is 9.55. The molecule has 0 saturated carbocycles. The fourth-order valence-electron chi connectivity index (χ4n) is 3.02. The summed E-state index contributed by atoms with van der Waals surface area (Å²) < 4.78 is 17.2. The van der Waals surface area contributed by atoms with E-state index in [0.717, 1.165) is 23.2 Å². The van der Waals surface area contributed by atoms with E-state index in [4.69, 9.17) is 14.2 Å². The summed E-state index contributed by atoms with van der Waals surface area (Å²) in [5, 5.41) is 21.8. The Labute approximate surface area is 168 Å². The number of anilines is 1. The van der Waals surface area contributed by atoms with Gasteiger partial charge in [0.2, 0.25) is 5.88 Å². The zero-order chi connectivity index (χ0) is 20.2. The van der Waals surface area contributed by atoms with Gasteiger partial charge in [0.1, 0.15) is 0 Å². The van der Waals surface area contributed by atoms with Crippen LogP contribution < -0.4 is 19.5 Å². The zero-order valence-corrected chi connectivity index (χ0v) is 16.3. The lowest BCUT2D eigenvalue weighted by atomic mass is 10.1. The van der Waals surface area contributed by atoms with Gasteiger partial charge in [-0.1, -0.05) is 30.2 Å². The maximum Gasteiger partial charge on any atom is 0.339 e. The molecule has 4 rings (SSSR count). The van der Waals surface area contributed by atoms with Gasteiger partial charge in [0, 0.05) is 16.8 Å². The van der Waals surface area contributed by atoms with Gasteiger partial charge in [0.15, 0.2) is 23.4 Å². The smallest absolute Gasteiger partial charge is 0.339 e. The number of hydrogen-bond donors (Lipinski definition) is 2. The quantitative estimate of drug-likeness (QED) is 0.649. The lowest BCUT2D eigenvalue weighted by Crippen LogP contribution is -2.17. The van der Waals surface area contributed by atoms with Crippen molar-refractivity contribution < 1.29 is 19.3 Å². The Kier molecular flexibility index (Phi) is 5.33. The Bertz CT molecular complexity index is 1010. The summed E-state index contributed by atoms with van der Waals surface area (Å²) in [7, 11) is 0. The first kappa shape index (κ1) is 18.8. The van der Waals surface area contributed by atoms with Gasteiger partial charge in [0.05, 0.1) is 13.2 Å². The molecular weight excluding hydrogens is 372 g/mol. The van der Waals surface area contributed by atoms with Gasteiger partial charge < -0.3 is 24.6 Å². The molecule has 8 nitrogen and oxygen atoms in total. The Hall–Kier alpha value is -3.55. The summed E-state index contributed by atoms with van der Waals surface area (Å²) in [5.74, 6) is 0.782. The summed E-state index contributed by atoms with van der Waals surface area (Å²) in [6.45, 7) is 4.80. The molecule has 0 aliphatic carbocycles. The largest absolute Gasteiger partial charge is 0.504 e. The SMILES string of the molecule is CCCOc1nnc2c(n1)OC(c1ccc(O)c(OCC)c1)Nc1ccccc1-2. The van der Waals surface area contributed by atoms with Gasteiger partial charge in [-0.25, -0.2) is 0 Å². The third-order valence-corrected chi connectivity index (χ3v) is 4.36. The van der Waals surface area contributed by atoms with Crippen molar-refractivity contribution in [3.8, 4) is 34.6 Å². The van der Waals surface area contributed by atoms with Crippen LogP contribution in [0, 0.1) is 0 Å². The number of benzene rings is 2. The van der Waals surface area contributed by atoms with E-state index in [1.165, 1.54) is 0 Å². The molecule has 0 spiro atoms.